The summed E-state index contributed by atoms with van der Waals surface area (Å²) in [5.41, 5.74) is -0.406. The molecule has 0 saturated carbocycles. The highest BCUT2D eigenvalue weighted by atomic mass is 35.5. The highest BCUT2D eigenvalue weighted by Crippen LogP contribution is 2.41. The predicted octanol–water partition coefficient (Wildman–Crippen LogP) is 4.47. The van der Waals surface area contributed by atoms with Gasteiger partial charge >= 0.3 is 30.2 Å². The Hall–Kier alpha value is -8.21. The number of benzene rings is 2. The lowest BCUT2D eigenvalue weighted by atomic mass is 9.73. The van der Waals surface area contributed by atoms with E-state index < -0.39 is 154 Å². The number of aliphatic hydroxyl groups is 2. The maximum atomic E-state index is 15.1. The molecule has 0 aliphatic carbocycles. The molecule has 0 unspecified atom stereocenters. The number of alkyl halides is 3. The summed E-state index contributed by atoms with van der Waals surface area (Å²) >= 11 is 12.2. The van der Waals surface area contributed by atoms with Gasteiger partial charge in [0.1, 0.15) is 52.8 Å². The molecule has 98 heavy (non-hydrogen) atoms. The second-order valence-corrected chi connectivity index (χ2v) is 25.3. The molecule has 2 saturated heterocycles. The number of nitrogens with zero attached hydrogens (tertiary/aromatic N) is 3. The zero-order valence-corrected chi connectivity index (χ0v) is 58.0. The van der Waals surface area contributed by atoms with Crippen LogP contribution < -0.4 is 47.3 Å². The maximum Gasteiger partial charge on any atom is 0.418 e. The molecule has 2 aromatic carbocycles. The van der Waals surface area contributed by atoms with Crippen molar-refractivity contribution >= 4 is 99.8 Å². The third-order valence-corrected chi connectivity index (χ3v) is 17.7. The fourth-order valence-corrected chi connectivity index (χ4v) is 11.3. The molecule has 4 bridgehead atoms. The molecule has 5 rings (SSSR count). The summed E-state index contributed by atoms with van der Waals surface area (Å²) < 4.78 is 79.1. The van der Waals surface area contributed by atoms with E-state index in [2.05, 4.69) is 31.9 Å². The first-order valence-electron chi connectivity index (χ1n) is 31.5. The number of halogens is 4. The van der Waals surface area contributed by atoms with Gasteiger partial charge in [0.05, 0.1) is 63.3 Å². The van der Waals surface area contributed by atoms with Crippen LogP contribution in [0.5, 0.6) is 5.75 Å². The fourth-order valence-electron chi connectivity index (χ4n) is 10.7. The molecule has 34 heteroatoms. The number of rotatable bonds is 26. The van der Waals surface area contributed by atoms with Crippen LogP contribution in [0.1, 0.15) is 115 Å². The zero-order valence-electron chi connectivity index (χ0n) is 56.4. The van der Waals surface area contributed by atoms with Crippen LogP contribution in [0.25, 0.3) is 0 Å². The van der Waals surface area contributed by atoms with Crippen molar-refractivity contribution in [3.8, 4) is 5.75 Å². The number of fused-ring (bicyclic) bond motifs is 4. The highest BCUT2D eigenvalue weighted by Gasteiger charge is 2.52. The summed E-state index contributed by atoms with van der Waals surface area (Å²) in [4.78, 5) is 138. The number of anilines is 2. The Morgan fingerprint density at radius 2 is 1.59 bits per heavy atom. The number of likely N-dealkylation sites (N-methyl/N-ethyl adjacent to an activating group) is 1. The molecular formula is C64H88ClF3N10O19S. The van der Waals surface area contributed by atoms with E-state index >= 15 is 13.2 Å². The number of nitrogens with two attached hydrogens (primary N) is 1. The van der Waals surface area contributed by atoms with Gasteiger partial charge in [0.15, 0.2) is 10.8 Å². The molecule has 0 spiro atoms. The van der Waals surface area contributed by atoms with Crippen molar-refractivity contribution in [2.24, 2.45) is 23.5 Å². The number of ether oxygens (including phenoxy) is 6. The number of primary amides is 1. The third kappa shape index (κ3) is 22.1. The molecule has 0 radical (unpaired) electrons. The number of allylic oxidation sites excluding steroid dienone is 3. The van der Waals surface area contributed by atoms with Crippen LogP contribution in [0.3, 0.4) is 0 Å². The van der Waals surface area contributed by atoms with Crippen LogP contribution in [0.15, 0.2) is 54.1 Å². The van der Waals surface area contributed by atoms with Crippen molar-refractivity contribution in [3.63, 3.8) is 0 Å². The summed E-state index contributed by atoms with van der Waals surface area (Å²) in [6.07, 6.45) is -6.63. The van der Waals surface area contributed by atoms with Gasteiger partial charge in [-0.05, 0) is 106 Å². The van der Waals surface area contributed by atoms with E-state index in [4.69, 9.17) is 62.8 Å². The smallest absolute Gasteiger partial charge is 0.418 e. The maximum absolute atomic E-state index is 15.1. The Morgan fingerprint density at radius 3 is 2.21 bits per heavy atom. The van der Waals surface area contributed by atoms with Crippen LogP contribution in [0, 0.1) is 17.8 Å². The quantitative estimate of drug-likeness (QED) is 0.0271. The normalized spacial score (nSPS) is 23.4. The number of nitrogens with one attached hydrogen (secondary N) is 6. The molecule has 10 N–H and O–H groups in total. The number of imide groups is 1. The largest absolute Gasteiger partial charge is 0.495 e. The van der Waals surface area contributed by atoms with Crippen molar-refractivity contribution in [1.82, 2.24) is 36.5 Å². The first kappa shape index (κ1) is 80.5. The number of hydroxylamine groups is 2. The second-order valence-electron chi connectivity index (χ2n) is 24.5. The van der Waals surface area contributed by atoms with E-state index in [9.17, 15) is 58.2 Å². The van der Waals surface area contributed by atoms with Gasteiger partial charge in [-0.2, -0.15) is 13.2 Å². The summed E-state index contributed by atoms with van der Waals surface area (Å²) in [6.45, 7) is 11.0. The Kier molecular flexibility index (Phi) is 29.6. The molecule has 0 aromatic heterocycles. The number of esters is 1. The second kappa shape index (κ2) is 36.0. The standard InChI is InChI=1S/C64H88ClF3N10O19S/c1-34(2)54(74-60(98)71-23-25-94-27-26-93-24-21-52(82)97-78-49(79)19-20-50(78)80)56(84)73-43(15-13-22-70-59(69)87)55(83)72-42-18-17-40(31-41(42)64(66,67)68)57(85)76(8)38(6)58(86)96-48-32-51(81)77(9)44-29-39(30-45(91-10)53(44)65)28-35(3)14-12-16-47(92-11)63(90)33-46(95-61(88)75-63)36(4)37(5)62(48,7)89/h12,14,16-18,29-31,34,36-38,43,46-48,54,89-90H,13,15,19-28,32-33H2,1-11H3,(H,72,83)(H,73,84)(H,75,88)(H3,69,70,87)(H2,71,74,98)/b16-12+,35-14+/t36-,37-,38-,43-,46-,47+,48-,54-,62+,63-/m0/s1. The summed E-state index contributed by atoms with van der Waals surface area (Å²) in [7, 11) is 5.21. The topological polar surface area (TPSA) is 384 Å². The lowest BCUT2D eigenvalue weighted by Crippen LogP contribution is -2.64. The van der Waals surface area contributed by atoms with Crippen molar-refractivity contribution in [2.75, 3.05) is 78.0 Å². The number of amides is 9. The minimum atomic E-state index is -5.25. The highest BCUT2D eigenvalue weighted by molar-refractivity contribution is 7.80. The lowest BCUT2D eigenvalue weighted by Gasteiger charge is -2.46. The zero-order chi connectivity index (χ0) is 73.1. The number of methoxy groups -OCH3 is 2. The average Bonchev–Trinajstić information content (AvgIpc) is 0.834. The van der Waals surface area contributed by atoms with E-state index in [0.29, 0.717) is 23.1 Å². The van der Waals surface area contributed by atoms with Crippen molar-refractivity contribution in [2.45, 2.75) is 154 Å². The van der Waals surface area contributed by atoms with E-state index in [1.807, 2.05) is 6.92 Å². The number of carbonyl (C=O) groups is 10. The average molecular weight is 1430 g/mol. The van der Waals surface area contributed by atoms with E-state index in [-0.39, 0.29) is 99.6 Å². The number of hydrogen-bond donors (Lipinski definition) is 9. The molecule has 3 heterocycles. The number of hydrogen-bond acceptors (Lipinski definition) is 20. The molecule has 542 valence electrons. The van der Waals surface area contributed by atoms with Gasteiger partial charge in [0, 0.05) is 59.1 Å². The lowest BCUT2D eigenvalue weighted by molar-refractivity contribution is -0.198. The molecule has 9 amide bonds. The Labute approximate surface area is 575 Å². The van der Waals surface area contributed by atoms with Crippen LogP contribution in [0.2, 0.25) is 5.02 Å². The molecule has 3 aliphatic rings. The molecule has 2 aromatic rings. The van der Waals surface area contributed by atoms with Crippen molar-refractivity contribution < 1.29 is 105 Å². The molecule has 3 aliphatic heterocycles. The van der Waals surface area contributed by atoms with Crippen LogP contribution in [-0.2, 0) is 74.7 Å². The number of carbonyl (C=O) groups excluding carboxylic acids is 10. The van der Waals surface area contributed by atoms with Gasteiger partial charge in [-0.3, -0.25) is 34.1 Å². The van der Waals surface area contributed by atoms with Crippen molar-refractivity contribution in [3.05, 3.63) is 75.8 Å². The molecular weight excluding hydrogens is 1340 g/mol. The first-order valence-corrected chi connectivity index (χ1v) is 32.3. The molecule has 2 fully saturated rings. The Balaban J connectivity index is 1.32. The van der Waals surface area contributed by atoms with E-state index in [1.54, 1.807) is 51.1 Å². The minimum Gasteiger partial charge on any atom is -0.495 e. The predicted molar refractivity (Wildman–Crippen MR) is 351 cm³/mol. The number of thiocarbonyl (C=S) groups is 1. The number of alkyl carbamates (subject to hydrolysis) is 1. The van der Waals surface area contributed by atoms with Gasteiger partial charge < -0.3 is 85.6 Å². The monoisotopic (exact) mass is 1420 g/mol. The van der Waals surface area contributed by atoms with Gasteiger partial charge in [-0.1, -0.05) is 63.1 Å². The van der Waals surface area contributed by atoms with Gasteiger partial charge in [-0.15, -0.1) is 5.06 Å². The minimum absolute atomic E-state index is 0.0105. The van der Waals surface area contributed by atoms with Gasteiger partial charge in [-0.25, -0.2) is 19.2 Å². The fraction of sp³-hybridized carbons (Fsp3) is 0.578. The van der Waals surface area contributed by atoms with Crippen LogP contribution >= 0.6 is 23.8 Å². The van der Waals surface area contributed by atoms with Gasteiger partial charge in [0.25, 0.3) is 17.7 Å². The SMILES string of the molecule is COc1cc2cc(c1Cl)N(C)C(=O)C[C@H](OC(=O)[C@H](C)N(C)C(=O)c1ccc(NC(=O)[C@H](CCCNC(N)=O)NC(=O)[C@@H](NC(=S)NCCOCCOCCC(=O)ON3C(=O)CCC3=O)C(C)C)c(C(F)(F)F)c1)[C@](C)(O)[C@@H](C)[C@H](C)[C@@H]1C[C@@](O)(NC(=O)O1)[C@H](OC)/C=C/C=C(\C)C2. The van der Waals surface area contributed by atoms with Gasteiger partial charge in [0.2, 0.25) is 17.7 Å². The summed E-state index contributed by atoms with van der Waals surface area (Å²) in [6, 6.07) is 0.284. The first-order chi connectivity index (χ1) is 45.9. The molecule has 29 nitrogen and oxygen atoms in total. The summed E-state index contributed by atoms with van der Waals surface area (Å²) in [5, 5.41) is 40.4. The van der Waals surface area contributed by atoms with E-state index in [1.165, 1.54) is 46.9 Å². The third-order valence-electron chi connectivity index (χ3n) is 17.0. The Bertz CT molecular complexity index is 3310. The van der Waals surface area contributed by atoms with Crippen LogP contribution in [-0.4, -0.2) is 200 Å². The Morgan fingerprint density at radius 1 is 0.929 bits per heavy atom. The van der Waals surface area contributed by atoms with E-state index in [0.717, 1.165) is 29.7 Å². The number of urea groups is 1. The summed E-state index contributed by atoms with van der Waals surface area (Å²) in [5.74, 6) is -9.33. The molecule has 10 atom stereocenters. The van der Waals surface area contributed by atoms with Crippen molar-refractivity contribution in [1.29, 1.82) is 0 Å². The van der Waals surface area contributed by atoms with Crippen LogP contribution in [0.4, 0.5) is 34.1 Å².